The zero-order chi connectivity index (χ0) is 15.7. The first kappa shape index (κ1) is 14.1. The molecular formula is C17H15NO4. The summed E-state index contributed by atoms with van der Waals surface area (Å²) in [6.07, 6.45) is 1.46. The average Bonchev–Trinajstić information content (AvgIpc) is 3.06. The van der Waals surface area contributed by atoms with Crippen LogP contribution in [0.1, 0.15) is 27.6 Å². The molecule has 0 radical (unpaired) electrons. The van der Waals surface area contributed by atoms with E-state index in [0.29, 0.717) is 17.1 Å². The molecule has 0 unspecified atom stereocenters. The van der Waals surface area contributed by atoms with Crippen molar-refractivity contribution in [3.05, 3.63) is 59.4 Å². The Morgan fingerprint density at radius 2 is 1.77 bits per heavy atom. The quantitative estimate of drug-likeness (QED) is 0.538. The highest BCUT2D eigenvalue weighted by Crippen LogP contribution is 2.28. The van der Waals surface area contributed by atoms with Gasteiger partial charge in [-0.1, -0.05) is 17.3 Å². The number of ether oxygens (including phenoxy) is 1. The van der Waals surface area contributed by atoms with Crippen molar-refractivity contribution in [2.45, 2.75) is 20.8 Å². The van der Waals surface area contributed by atoms with Crippen molar-refractivity contribution in [2.24, 2.45) is 0 Å². The van der Waals surface area contributed by atoms with Gasteiger partial charge in [-0.3, -0.25) is 0 Å². The molecule has 0 aliphatic heterocycles. The van der Waals surface area contributed by atoms with Gasteiger partial charge in [0.05, 0.1) is 12.0 Å². The Morgan fingerprint density at radius 1 is 1.05 bits per heavy atom. The maximum atomic E-state index is 12.0. The van der Waals surface area contributed by atoms with Gasteiger partial charge in [0.25, 0.3) is 0 Å². The molecule has 22 heavy (non-hydrogen) atoms. The molecule has 0 saturated carbocycles. The highest BCUT2D eigenvalue weighted by atomic mass is 16.5. The molecule has 0 fully saturated rings. The lowest BCUT2D eigenvalue weighted by molar-refractivity contribution is 0.0733. The van der Waals surface area contributed by atoms with Crippen LogP contribution in [0, 0.1) is 20.8 Å². The van der Waals surface area contributed by atoms with Crippen LogP contribution in [0.25, 0.3) is 11.1 Å². The second-order valence-electron chi connectivity index (χ2n) is 5.00. The average molecular weight is 297 g/mol. The normalized spacial score (nSPS) is 10.7. The van der Waals surface area contributed by atoms with E-state index in [9.17, 15) is 4.79 Å². The fourth-order valence-electron chi connectivity index (χ4n) is 2.34. The summed E-state index contributed by atoms with van der Waals surface area (Å²) in [5.41, 5.74) is 3.19. The monoisotopic (exact) mass is 297 g/mol. The Labute approximate surface area is 127 Å². The second-order valence-corrected chi connectivity index (χ2v) is 5.00. The molecule has 5 heteroatoms. The third kappa shape index (κ3) is 2.53. The van der Waals surface area contributed by atoms with Crippen LogP contribution in [0.5, 0.6) is 5.75 Å². The number of hydrogen-bond donors (Lipinski definition) is 0. The molecule has 0 saturated heterocycles. The van der Waals surface area contributed by atoms with Crippen molar-refractivity contribution in [1.82, 2.24) is 5.16 Å². The summed E-state index contributed by atoms with van der Waals surface area (Å²) in [5.74, 6) is 1.34. The Hall–Kier alpha value is -2.82. The smallest absolute Gasteiger partial charge is 0.347 e. The number of furan rings is 1. The number of rotatable bonds is 3. The molecule has 112 valence electrons. The highest BCUT2D eigenvalue weighted by Gasteiger charge is 2.15. The number of carbonyl (C=O) groups excluding carboxylic acids is 1. The minimum atomic E-state index is -0.434. The summed E-state index contributed by atoms with van der Waals surface area (Å²) in [5, 5.41) is 3.94. The topological polar surface area (TPSA) is 65.5 Å². The lowest BCUT2D eigenvalue weighted by Crippen LogP contribution is -2.08. The van der Waals surface area contributed by atoms with Gasteiger partial charge in [-0.2, -0.15) is 0 Å². The van der Waals surface area contributed by atoms with Crippen LogP contribution in [0.4, 0.5) is 0 Å². The minimum Gasteiger partial charge on any atom is -0.469 e. The molecule has 3 rings (SSSR count). The fraction of sp³-hybridized carbons (Fsp3) is 0.176. The van der Waals surface area contributed by atoms with E-state index in [-0.39, 0.29) is 0 Å². The molecular weight excluding hydrogens is 282 g/mol. The SMILES string of the molecule is Cc1noc(C)c1-c1ccc(OC(=O)c2ccoc2C)cc1. The highest BCUT2D eigenvalue weighted by molar-refractivity contribution is 5.92. The van der Waals surface area contributed by atoms with Crippen molar-refractivity contribution in [2.75, 3.05) is 0 Å². The van der Waals surface area contributed by atoms with E-state index < -0.39 is 5.97 Å². The van der Waals surface area contributed by atoms with Crippen LogP contribution in [0.3, 0.4) is 0 Å². The van der Waals surface area contributed by atoms with Gasteiger partial charge in [-0.05, 0) is 44.5 Å². The maximum absolute atomic E-state index is 12.0. The number of nitrogens with zero attached hydrogens (tertiary/aromatic N) is 1. The van der Waals surface area contributed by atoms with Crippen molar-refractivity contribution in [3.63, 3.8) is 0 Å². The Morgan fingerprint density at radius 3 is 2.32 bits per heavy atom. The van der Waals surface area contributed by atoms with Gasteiger partial charge in [-0.15, -0.1) is 0 Å². The van der Waals surface area contributed by atoms with E-state index in [0.717, 1.165) is 22.6 Å². The number of aryl methyl sites for hydroxylation is 3. The standard InChI is InChI=1S/C17H15NO4/c1-10-16(12(3)22-18-10)13-4-6-14(7-5-13)21-17(19)15-8-9-20-11(15)2/h4-9H,1-3H3. The lowest BCUT2D eigenvalue weighted by Gasteiger charge is -2.05. The molecule has 5 nitrogen and oxygen atoms in total. The van der Waals surface area contributed by atoms with Gasteiger partial charge >= 0.3 is 5.97 Å². The summed E-state index contributed by atoms with van der Waals surface area (Å²) >= 11 is 0. The number of aromatic nitrogens is 1. The Kier molecular flexibility index (Phi) is 3.55. The summed E-state index contributed by atoms with van der Waals surface area (Å²) in [6, 6.07) is 8.83. The fourth-order valence-corrected chi connectivity index (χ4v) is 2.34. The van der Waals surface area contributed by atoms with Gasteiger partial charge in [0, 0.05) is 5.56 Å². The van der Waals surface area contributed by atoms with Crippen molar-refractivity contribution < 1.29 is 18.5 Å². The molecule has 0 N–H and O–H groups in total. The molecule has 0 spiro atoms. The van der Waals surface area contributed by atoms with Gasteiger partial charge in [0.2, 0.25) is 0 Å². The first-order valence-corrected chi connectivity index (χ1v) is 6.86. The summed E-state index contributed by atoms with van der Waals surface area (Å²) in [6.45, 7) is 5.48. The largest absolute Gasteiger partial charge is 0.469 e. The summed E-state index contributed by atoms with van der Waals surface area (Å²) in [7, 11) is 0. The van der Waals surface area contributed by atoms with E-state index in [1.54, 1.807) is 25.1 Å². The van der Waals surface area contributed by atoms with Gasteiger partial charge in [-0.25, -0.2) is 4.79 Å². The van der Waals surface area contributed by atoms with Crippen LogP contribution in [-0.2, 0) is 0 Å². The molecule has 2 aromatic heterocycles. The molecule has 0 atom stereocenters. The minimum absolute atomic E-state index is 0.426. The number of esters is 1. The van der Waals surface area contributed by atoms with E-state index >= 15 is 0 Å². The Bertz CT molecular complexity index is 792. The summed E-state index contributed by atoms with van der Waals surface area (Å²) in [4.78, 5) is 12.0. The zero-order valence-corrected chi connectivity index (χ0v) is 12.5. The van der Waals surface area contributed by atoms with Gasteiger partial charge < -0.3 is 13.7 Å². The molecule has 0 amide bonds. The van der Waals surface area contributed by atoms with E-state index in [2.05, 4.69) is 5.16 Å². The van der Waals surface area contributed by atoms with Crippen molar-refractivity contribution >= 4 is 5.97 Å². The van der Waals surface area contributed by atoms with E-state index in [1.807, 2.05) is 26.0 Å². The zero-order valence-electron chi connectivity index (χ0n) is 12.5. The number of hydrogen-bond acceptors (Lipinski definition) is 5. The third-order valence-electron chi connectivity index (χ3n) is 3.47. The lowest BCUT2D eigenvalue weighted by atomic mass is 10.0. The van der Waals surface area contributed by atoms with Crippen molar-refractivity contribution in [1.29, 1.82) is 0 Å². The molecule has 0 aliphatic rings. The first-order valence-electron chi connectivity index (χ1n) is 6.86. The van der Waals surface area contributed by atoms with E-state index in [1.165, 1.54) is 6.26 Å². The molecule has 3 aromatic rings. The maximum Gasteiger partial charge on any atom is 0.347 e. The molecule has 0 bridgehead atoms. The van der Waals surface area contributed by atoms with Crippen LogP contribution in [-0.4, -0.2) is 11.1 Å². The third-order valence-corrected chi connectivity index (χ3v) is 3.47. The van der Waals surface area contributed by atoms with Gasteiger partial charge in [0.15, 0.2) is 0 Å². The van der Waals surface area contributed by atoms with E-state index in [4.69, 9.17) is 13.7 Å². The predicted molar refractivity (Wildman–Crippen MR) is 79.8 cm³/mol. The van der Waals surface area contributed by atoms with Crippen molar-refractivity contribution in [3.8, 4) is 16.9 Å². The molecule has 2 heterocycles. The van der Waals surface area contributed by atoms with Crippen LogP contribution < -0.4 is 4.74 Å². The van der Waals surface area contributed by atoms with Crippen LogP contribution in [0.15, 0.2) is 45.5 Å². The second kappa shape index (κ2) is 5.52. The molecule has 1 aromatic carbocycles. The van der Waals surface area contributed by atoms with Gasteiger partial charge in [0.1, 0.15) is 22.8 Å². The Balaban J connectivity index is 1.81. The number of benzene rings is 1. The number of carbonyl (C=O) groups is 1. The summed E-state index contributed by atoms with van der Waals surface area (Å²) < 4.78 is 15.6. The first-order chi connectivity index (χ1) is 10.6. The van der Waals surface area contributed by atoms with Crippen LogP contribution in [0.2, 0.25) is 0 Å². The molecule has 0 aliphatic carbocycles. The van der Waals surface area contributed by atoms with Crippen LogP contribution >= 0.6 is 0 Å². The predicted octanol–water partition coefficient (Wildman–Crippen LogP) is 4.08.